The van der Waals surface area contributed by atoms with E-state index in [-0.39, 0.29) is 41.5 Å². The second-order valence-corrected chi connectivity index (χ2v) is 4.41. The summed E-state index contributed by atoms with van der Waals surface area (Å²) in [5.41, 5.74) is 5.75. The molecular weight excluding hydrogens is 205 g/mol. The Morgan fingerprint density at radius 3 is 1.67 bits per heavy atom. The molecular formula is C5H15N2SiY-2. The number of hydrogen-bond donors (Lipinski definition) is 0. The van der Waals surface area contributed by atoms with Gasteiger partial charge in [0.1, 0.15) is 0 Å². The summed E-state index contributed by atoms with van der Waals surface area (Å²) in [6.07, 6.45) is 1.10. The summed E-state index contributed by atoms with van der Waals surface area (Å²) < 4.78 is 0. The number of rotatable bonds is 2. The average molecular weight is 220 g/mol. The van der Waals surface area contributed by atoms with Gasteiger partial charge in [0.2, 0.25) is 0 Å². The molecule has 0 bridgehead atoms. The van der Waals surface area contributed by atoms with Crippen LogP contribution in [0.2, 0.25) is 13.1 Å². The van der Waals surface area contributed by atoms with Crippen LogP contribution in [0.4, 0.5) is 0 Å². The van der Waals surface area contributed by atoms with E-state index in [1.807, 2.05) is 7.05 Å². The smallest absolute Gasteiger partial charge is 0.0195 e. The van der Waals surface area contributed by atoms with Crippen molar-refractivity contribution in [2.75, 3.05) is 20.3 Å². The number of nitrogens with one attached hydrogen (secondary N) is 1. The van der Waals surface area contributed by atoms with Crippen molar-refractivity contribution in [1.29, 1.82) is 0 Å². The minimum atomic E-state index is -0.0522. The molecule has 0 unspecified atom stereocenters. The van der Waals surface area contributed by atoms with Crippen molar-refractivity contribution in [2.45, 2.75) is 13.1 Å². The first-order valence-corrected chi connectivity index (χ1v) is 5.32. The van der Waals surface area contributed by atoms with Crippen LogP contribution >= 0.6 is 0 Å². The molecule has 0 saturated carbocycles. The molecule has 4 heteroatoms. The summed E-state index contributed by atoms with van der Waals surface area (Å²) in [6.45, 7) is 4.52. The Balaban J connectivity index is -0.000000109. The molecule has 0 aromatic heterocycles. The summed E-state index contributed by atoms with van der Waals surface area (Å²) >= 11 is 0. The first-order chi connectivity index (χ1) is 3.77. The maximum atomic E-state index is 5.75. The Bertz CT molecular complexity index is 36.1. The first-order valence-electron chi connectivity index (χ1n) is 2.62. The van der Waals surface area contributed by atoms with Gasteiger partial charge < -0.3 is 11.1 Å². The molecule has 0 aliphatic rings. The van der Waals surface area contributed by atoms with Crippen molar-refractivity contribution >= 4 is 8.80 Å². The molecule has 2 radical (unpaired) electrons. The fourth-order valence-corrected chi connectivity index (χ4v) is 0.949. The maximum Gasteiger partial charge on any atom is 0.0195 e. The van der Waals surface area contributed by atoms with Gasteiger partial charge in [-0.1, -0.05) is 13.1 Å². The van der Waals surface area contributed by atoms with Gasteiger partial charge >= 0.3 is 0 Å². The third-order valence-corrected chi connectivity index (χ3v) is 1.42. The van der Waals surface area contributed by atoms with E-state index in [0.717, 1.165) is 6.17 Å². The van der Waals surface area contributed by atoms with E-state index in [4.69, 9.17) is 5.73 Å². The van der Waals surface area contributed by atoms with E-state index in [2.05, 4.69) is 18.4 Å². The standard InChI is InChI=1S/C4H11NSi.CH4N.Y/c1-5-4-6(2)3;1-2;/h4H2,1-3H3;2H,1H3;/q2*-1;. The van der Waals surface area contributed by atoms with E-state index >= 15 is 0 Å². The molecule has 0 heterocycles. The van der Waals surface area contributed by atoms with Gasteiger partial charge in [0.05, 0.1) is 0 Å². The van der Waals surface area contributed by atoms with Crippen LogP contribution in [0.3, 0.4) is 0 Å². The zero-order valence-corrected chi connectivity index (χ0v) is 10.6. The summed E-state index contributed by atoms with van der Waals surface area (Å²) in [7, 11) is 3.07. The zero-order chi connectivity index (χ0) is 6.99. The molecule has 0 aromatic carbocycles. The Morgan fingerprint density at radius 2 is 1.67 bits per heavy atom. The van der Waals surface area contributed by atoms with Crippen molar-refractivity contribution in [2.24, 2.45) is 0 Å². The molecule has 9 heavy (non-hydrogen) atoms. The van der Waals surface area contributed by atoms with Crippen LogP contribution in [0.5, 0.6) is 0 Å². The van der Waals surface area contributed by atoms with Crippen molar-refractivity contribution in [3.8, 4) is 0 Å². The van der Waals surface area contributed by atoms with Gasteiger partial charge in [-0.3, -0.25) is 0 Å². The molecule has 0 amide bonds. The quantitative estimate of drug-likeness (QED) is 0.638. The molecule has 2 nitrogen and oxygen atoms in total. The van der Waals surface area contributed by atoms with Crippen molar-refractivity contribution in [3.63, 3.8) is 0 Å². The van der Waals surface area contributed by atoms with Crippen molar-refractivity contribution in [3.05, 3.63) is 11.1 Å². The first kappa shape index (κ1) is 16.7. The monoisotopic (exact) mass is 220 g/mol. The molecule has 0 atom stereocenters. The topological polar surface area (TPSA) is 37.9 Å². The van der Waals surface area contributed by atoms with Crippen molar-refractivity contribution < 1.29 is 32.7 Å². The van der Waals surface area contributed by atoms with Crippen LogP contribution in [0.25, 0.3) is 11.1 Å². The molecule has 0 rings (SSSR count). The molecule has 0 saturated heterocycles. The van der Waals surface area contributed by atoms with Gasteiger partial charge in [-0.25, -0.2) is 0 Å². The van der Waals surface area contributed by atoms with Crippen LogP contribution in [-0.2, 0) is 32.7 Å². The van der Waals surface area contributed by atoms with Gasteiger partial charge in [-0.15, -0.1) is 0 Å². The van der Waals surface area contributed by atoms with Crippen LogP contribution in [0.1, 0.15) is 0 Å². The summed E-state index contributed by atoms with van der Waals surface area (Å²) in [4.78, 5) is 0. The Labute approximate surface area is 85.5 Å². The van der Waals surface area contributed by atoms with Crippen molar-refractivity contribution in [1.82, 2.24) is 0 Å². The van der Waals surface area contributed by atoms with E-state index < -0.39 is 0 Å². The molecule has 0 aromatic rings. The maximum absolute atomic E-state index is 5.75. The number of nitrogens with zero attached hydrogens (tertiary/aromatic N) is 1. The number of hydrogen-bond acceptors (Lipinski definition) is 0. The Kier molecular flexibility index (Phi) is 29.9. The average Bonchev–Trinajstić information content (AvgIpc) is 1.72. The largest absolute Gasteiger partial charge is 0.680 e. The Morgan fingerprint density at radius 1 is 1.33 bits per heavy atom. The SMILES string of the molecule is C[N-]C[Si](C)C.C[NH-].[Y]. The van der Waals surface area contributed by atoms with Crippen LogP contribution in [-0.4, -0.2) is 29.1 Å². The third-order valence-electron chi connectivity index (χ3n) is 0.474. The summed E-state index contributed by atoms with van der Waals surface area (Å²) in [5, 5.41) is 3.98. The van der Waals surface area contributed by atoms with Gasteiger partial charge in [-0.2, -0.15) is 20.3 Å². The molecule has 0 fully saturated rings. The molecule has 0 spiro atoms. The summed E-state index contributed by atoms with van der Waals surface area (Å²) in [5.74, 6) is 0. The predicted molar refractivity (Wildman–Crippen MR) is 41.9 cm³/mol. The van der Waals surface area contributed by atoms with Gasteiger partial charge in [0.15, 0.2) is 0 Å². The second kappa shape index (κ2) is 16.1. The minimum absolute atomic E-state index is 0. The fraction of sp³-hybridized carbons (Fsp3) is 1.00. The zero-order valence-electron chi connectivity index (χ0n) is 6.73. The predicted octanol–water partition coefficient (Wildman–Crippen LogP) is 1.95. The van der Waals surface area contributed by atoms with Gasteiger partial charge in [0.25, 0.3) is 0 Å². The van der Waals surface area contributed by atoms with E-state index in [0.29, 0.717) is 0 Å². The second-order valence-electron chi connectivity index (χ2n) is 1.68. The third kappa shape index (κ3) is 26.9. The normalized spacial score (nSPS) is 7.33. The van der Waals surface area contributed by atoms with Crippen LogP contribution < -0.4 is 0 Å². The summed E-state index contributed by atoms with van der Waals surface area (Å²) in [6, 6.07) is 0. The van der Waals surface area contributed by atoms with Crippen LogP contribution in [0, 0.1) is 0 Å². The van der Waals surface area contributed by atoms with Crippen LogP contribution in [0.15, 0.2) is 0 Å². The molecule has 54 valence electrons. The Hall–Kier alpha value is 1.24. The molecule has 0 aliphatic carbocycles. The molecule has 0 aliphatic heterocycles. The van der Waals surface area contributed by atoms with Gasteiger partial charge in [0, 0.05) is 41.5 Å². The van der Waals surface area contributed by atoms with Gasteiger partial charge in [-0.05, 0) is 0 Å². The van der Waals surface area contributed by atoms with E-state index in [9.17, 15) is 0 Å². The van der Waals surface area contributed by atoms with E-state index in [1.54, 1.807) is 0 Å². The fourth-order valence-electron chi connectivity index (χ4n) is 0.316. The molecule has 1 N–H and O–H groups in total. The minimum Gasteiger partial charge on any atom is -0.680 e. The van der Waals surface area contributed by atoms with E-state index in [1.165, 1.54) is 7.05 Å².